The van der Waals surface area contributed by atoms with E-state index in [-0.39, 0.29) is 61.8 Å². The Morgan fingerprint density at radius 1 is 0.750 bits per heavy atom. The molecular weight excluding hydrogens is 462 g/mol. The Morgan fingerprint density at radius 2 is 1.29 bits per heavy atom. The van der Waals surface area contributed by atoms with Crippen molar-refractivity contribution in [3.63, 3.8) is 0 Å². The fourth-order valence-electron chi connectivity index (χ4n) is 5.28. The van der Waals surface area contributed by atoms with E-state index < -0.39 is 0 Å². The van der Waals surface area contributed by atoms with E-state index in [9.17, 15) is 0 Å². The predicted molar refractivity (Wildman–Crippen MR) is 107 cm³/mol. The molecule has 0 heterocycles. The topological polar surface area (TPSA) is 0 Å². The number of hydrogen-bond acceptors (Lipinski definition) is 0. The zero-order valence-corrected chi connectivity index (χ0v) is 21.3. The van der Waals surface area contributed by atoms with Crippen LogP contribution in [-0.2, 0) is 43.5 Å². The van der Waals surface area contributed by atoms with Gasteiger partial charge >= 0.3 is 26.2 Å². The molecule has 143 valence electrons. The summed E-state index contributed by atoms with van der Waals surface area (Å²) in [5.74, 6) is 0. The Labute approximate surface area is 200 Å². The molecule has 0 saturated carbocycles. The van der Waals surface area contributed by atoms with E-state index in [1.165, 1.54) is 55.7 Å². The molecule has 0 aliphatic heterocycles. The van der Waals surface area contributed by atoms with Crippen molar-refractivity contribution in [3.05, 3.63) is 69.8 Å². The van der Waals surface area contributed by atoms with Gasteiger partial charge in [-0.2, -0.15) is 5.56 Å². The van der Waals surface area contributed by atoms with Gasteiger partial charge in [0.2, 0.25) is 0 Å². The minimum absolute atomic E-state index is 0. The van der Waals surface area contributed by atoms with Crippen molar-refractivity contribution in [1.82, 2.24) is 0 Å². The number of rotatable bonds is 0. The second-order valence-corrected chi connectivity index (χ2v) is 9.21. The molecule has 2 aromatic carbocycles. The van der Waals surface area contributed by atoms with Crippen molar-refractivity contribution < 1.29 is 51.0 Å². The number of benzene rings is 2. The van der Waals surface area contributed by atoms with E-state index in [0.29, 0.717) is 0 Å². The van der Waals surface area contributed by atoms with Gasteiger partial charge in [0.25, 0.3) is 0 Å². The van der Waals surface area contributed by atoms with Gasteiger partial charge in [-0.25, -0.2) is 5.57 Å². The number of hydrogen-bond donors (Lipinski definition) is 0. The van der Waals surface area contributed by atoms with Crippen molar-refractivity contribution >= 4 is 11.1 Å². The van der Waals surface area contributed by atoms with Crippen molar-refractivity contribution in [2.75, 3.05) is 0 Å². The average molecular weight is 488 g/mol. The second-order valence-electron chi connectivity index (χ2n) is 9.21. The largest absolute Gasteiger partial charge is 3.00 e. The van der Waals surface area contributed by atoms with Crippen LogP contribution in [0.25, 0.3) is 22.3 Å². The third-order valence-corrected chi connectivity index (χ3v) is 6.43. The molecule has 0 atom stereocenters. The predicted octanol–water partition coefficient (Wildman–Crippen LogP) is 0.455. The van der Waals surface area contributed by atoms with Crippen LogP contribution in [0.5, 0.6) is 0 Å². The first-order valence-electron chi connectivity index (χ1n) is 9.34. The van der Waals surface area contributed by atoms with Crippen LogP contribution < -0.4 is 24.8 Å². The van der Waals surface area contributed by atoms with Gasteiger partial charge in [-0.3, -0.25) is 6.08 Å². The van der Waals surface area contributed by atoms with Gasteiger partial charge in [0.15, 0.2) is 0 Å². The van der Waals surface area contributed by atoms with Crippen molar-refractivity contribution in [1.29, 1.82) is 0 Å². The maximum Gasteiger partial charge on any atom is 3.00 e. The Balaban J connectivity index is 0.000000934. The molecule has 1 radical (unpaired) electrons. The van der Waals surface area contributed by atoms with Crippen LogP contribution in [-0.4, -0.2) is 0 Å². The smallest absolute Gasteiger partial charge is 1.00 e. The standard InChI is InChI=1S/C25H25.2ClH.Zr/c1-14-12-24(3,4)22-8-16-7-17-9-23-19(15(2)13-25(23,5)6)11-21(17)20(16)10-18(14)22;;;/h8-12H,7H2,1-6H3;2*1H;/q-1;;;+3/p-2. The summed E-state index contributed by atoms with van der Waals surface area (Å²) in [6.07, 6.45) is 7.13. The van der Waals surface area contributed by atoms with Crippen LogP contribution in [0.4, 0.5) is 0 Å². The third-order valence-electron chi connectivity index (χ3n) is 6.43. The average Bonchev–Trinajstić information content (AvgIpc) is 3.06. The fourth-order valence-corrected chi connectivity index (χ4v) is 5.28. The quantitative estimate of drug-likeness (QED) is 0.404. The van der Waals surface area contributed by atoms with Crippen LogP contribution in [0.15, 0.2) is 30.3 Å². The Hall–Kier alpha value is -0.617. The molecule has 0 fully saturated rings. The Morgan fingerprint density at radius 3 is 1.89 bits per heavy atom. The molecule has 0 nitrogen and oxygen atoms in total. The zero-order valence-electron chi connectivity index (χ0n) is 17.3. The molecular formula is C25H25Cl2Zr. The molecule has 3 aliphatic carbocycles. The summed E-state index contributed by atoms with van der Waals surface area (Å²) >= 11 is 0. The fraction of sp³-hybridized carbons (Fsp3) is 0.360. The van der Waals surface area contributed by atoms with Crippen LogP contribution in [0, 0.1) is 6.08 Å². The summed E-state index contributed by atoms with van der Waals surface area (Å²) < 4.78 is 0. The van der Waals surface area contributed by atoms with E-state index in [2.05, 4.69) is 78.0 Å². The second kappa shape index (κ2) is 7.26. The molecule has 3 heteroatoms. The van der Waals surface area contributed by atoms with Crippen LogP contribution >= 0.6 is 0 Å². The van der Waals surface area contributed by atoms with Gasteiger partial charge < -0.3 is 24.8 Å². The SMILES string of the molecule is CC1=[C-]C(C)(C)c2cc3c(cc21)-c1cc2c(cc1C3)C(C)(C)C=C2C.[Cl-].[Cl-].[Zr+3]. The summed E-state index contributed by atoms with van der Waals surface area (Å²) in [5.41, 5.74) is 14.5. The zero-order chi connectivity index (χ0) is 17.7. The normalized spacial score (nSPS) is 18.4. The summed E-state index contributed by atoms with van der Waals surface area (Å²) in [4.78, 5) is 0. The van der Waals surface area contributed by atoms with E-state index in [0.717, 1.165) is 6.42 Å². The molecule has 5 rings (SSSR count). The van der Waals surface area contributed by atoms with E-state index >= 15 is 0 Å². The van der Waals surface area contributed by atoms with Crippen molar-refractivity contribution in [2.24, 2.45) is 0 Å². The maximum absolute atomic E-state index is 3.65. The van der Waals surface area contributed by atoms with E-state index in [1.807, 2.05) is 0 Å². The van der Waals surface area contributed by atoms with Gasteiger partial charge in [-0.1, -0.05) is 58.2 Å². The third kappa shape index (κ3) is 3.13. The number of allylic oxidation sites excluding steroid dienone is 4. The molecule has 0 saturated heterocycles. The van der Waals surface area contributed by atoms with E-state index in [1.54, 1.807) is 0 Å². The first-order valence-corrected chi connectivity index (χ1v) is 9.34. The molecule has 28 heavy (non-hydrogen) atoms. The molecule has 0 unspecified atom stereocenters. The maximum atomic E-state index is 3.65. The molecule has 0 spiro atoms. The summed E-state index contributed by atoms with van der Waals surface area (Å²) in [6.45, 7) is 13.7. The van der Waals surface area contributed by atoms with Gasteiger partial charge in [-0.05, 0) is 58.4 Å². The van der Waals surface area contributed by atoms with Gasteiger partial charge in [0, 0.05) is 5.41 Å². The van der Waals surface area contributed by atoms with Gasteiger partial charge in [0.05, 0.1) is 0 Å². The number of fused-ring (bicyclic) bond motifs is 5. The van der Waals surface area contributed by atoms with Gasteiger partial charge in [-0.15, -0.1) is 11.6 Å². The summed E-state index contributed by atoms with van der Waals surface area (Å²) in [5, 5.41) is 0. The first-order chi connectivity index (χ1) is 11.7. The van der Waals surface area contributed by atoms with Gasteiger partial charge in [0.1, 0.15) is 0 Å². The Bertz CT molecular complexity index is 955. The summed E-state index contributed by atoms with van der Waals surface area (Å²) in [6, 6.07) is 9.81. The first kappa shape index (κ1) is 23.7. The monoisotopic (exact) mass is 485 g/mol. The van der Waals surface area contributed by atoms with Crippen LogP contribution in [0.2, 0.25) is 0 Å². The van der Waals surface area contributed by atoms with Crippen LogP contribution in [0.1, 0.15) is 74.9 Å². The molecule has 0 aromatic heterocycles. The number of halogens is 2. The molecule has 0 bridgehead atoms. The molecule has 2 aromatic rings. The molecule has 0 amide bonds. The van der Waals surface area contributed by atoms with Crippen molar-refractivity contribution in [2.45, 2.75) is 58.8 Å². The summed E-state index contributed by atoms with van der Waals surface area (Å²) in [7, 11) is 0. The minimum atomic E-state index is 0. The van der Waals surface area contributed by atoms with E-state index in [4.69, 9.17) is 0 Å². The molecule has 0 N–H and O–H groups in total. The molecule has 3 aliphatic rings. The van der Waals surface area contributed by atoms with Crippen molar-refractivity contribution in [3.8, 4) is 11.1 Å². The minimum Gasteiger partial charge on any atom is -1.00 e. The van der Waals surface area contributed by atoms with Crippen LogP contribution in [0.3, 0.4) is 0 Å². The Kier molecular flexibility index (Phi) is 6.14.